The van der Waals surface area contributed by atoms with Gasteiger partial charge in [-0.2, -0.15) is 0 Å². The van der Waals surface area contributed by atoms with E-state index in [4.69, 9.17) is 0 Å². The minimum atomic E-state index is 0.159. The highest BCUT2D eigenvalue weighted by molar-refractivity contribution is 9.10. The molecule has 0 spiro atoms. The van der Waals surface area contributed by atoms with E-state index in [1.807, 2.05) is 30.5 Å². The average molecular weight is 479 g/mol. The van der Waals surface area contributed by atoms with Crippen LogP contribution in [-0.2, 0) is 11.2 Å². The van der Waals surface area contributed by atoms with Crippen LogP contribution in [0.1, 0.15) is 31.9 Å². The topological polar surface area (TPSA) is 43.6 Å². The van der Waals surface area contributed by atoms with Crippen molar-refractivity contribution >= 4 is 27.7 Å². The van der Waals surface area contributed by atoms with Crippen LogP contribution in [0.15, 0.2) is 82.7 Å². The first-order valence-electron chi connectivity index (χ1n) is 9.76. The molecule has 6 heteroatoms. The van der Waals surface area contributed by atoms with Gasteiger partial charge in [0, 0.05) is 33.9 Å². The lowest BCUT2D eigenvalue weighted by molar-refractivity contribution is 0.590. The lowest BCUT2D eigenvalue weighted by Crippen LogP contribution is -2.10. The average Bonchev–Trinajstić information content (AvgIpc) is 3.17. The molecule has 152 valence electrons. The summed E-state index contributed by atoms with van der Waals surface area (Å²) in [6.07, 6.45) is 3.58. The van der Waals surface area contributed by atoms with E-state index in [2.05, 4.69) is 92.8 Å². The standard InChI is InChI=1S/C24H23BrN4S/c1-24(2,3)19-8-6-17(7-9-19)16-30-23-28-27-22(18-5-4-14-26-15-18)29(23)21-12-10-20(25)11-13-21/h4-15H,16H2,1-3H3. The maximum atomic E-state index is 4.50. The highest BCUT2D eigenvalue weighted by atomic mass is 79.9. The van der Waals surface area contributed by atoms with E-state index < -0.39 is 0 Å². The van der Waals surface area contributed by atoms with E-state index in [-0.39, 0.29) is 5.41 Å². The molecule has 0 N–H and O–H groups in total. The molecule has 0 fully saturated rings. The molecule has 4 nitrogen and oxygen atoms in total. The maximum absolute atomic E-state index is 4.50. The molecule has 0 amide bonds. The second-order valence-corrected chi connectivity index (χ2v) is 9.95. The van der Waals surface area contributed by atoms with Crippen molar-refractivity contribution in [3.63, 3.8) is 0 Å². The number of nitrogens with zero attached hydrogens (tertiary/aromatic N) is 4. The molecule has 2 aromatic heterocycles. The van der Waals surface area contributed by atoms with Gasteiger partial charge in [-0.25, -0.2) is 0 Å². The Hall–Kier alpha value is -2.44. The summed E-state index contributed by atoms with van der Waals surface area (Å²) in [4.78, 5) is 4.25. The van der Waals surface area contributed by atoms with Crippen molar-refractivity contribution in [2.24, 2.45) is 0 Å². The van der Waals surface area contributed by atoms with Crippen LogP contribution in [-0.4, -0.2) is 19.7 Å². The Morgan fingerprint density at radius 2 is 1.67 bits per heavy atom. The van der Waals surface area contributed by atoms with E-state index in [1.165, 1.54) is 11.1 Å². The largest absolute Gasteiger partial charge is 0.270 e. The number of hydrogen-bond acceptors (Lipinski definition) is 4. The summed E-state index contributed by atoms with van der Waals surface area (Å²) < 4.78 is 3.13. The van der Waals surface area contributed by atoms with Crippen molar-refractivity contribution in [1.82, 2.24) is 19.7 Å². The molecule has 0 aliphatic heterocycles. The number of aromatic nitrogens is 4. The smallest absolute Gasteiger partial charge is 0.196 e. The van der Waals surface area contributed by atoms with Crippen molar-refractivity contribution < 1.29 is 0 Å². The molecule has 0 bridgehead atoms. The Morgan fingerprint density at radius 3 is 2.30 bits per heavy atom. The zero-order chi connectivity index (χ0) is 21.1. The molecular formula is C24H23BrN4S. The van der Waals surface area contributed by atoms with Gasteiger partial charge in [-0.05, 0) is 52.9 Å². The van der Waals surface area contributed by atoms with Gasteiger partial charge in [-0.15, -0.1) is 10.2 Å². The van der Waals surface area contributed by atoms with Gasteiger partial charge in [0.05, 0.1) is 0 Å². The van der Waals surface area contributed by atoms with Gasteiger partial charge >= 0.3 is 0 Å². The first kappa shape index (κ1) is 20.8. The Bertz CT molecular complexity index is 1110. The van der Waals surface area contributed by atoms with E-state index in [0.717, 1.165) is 32.5 Å². The second kappa shape index (κ2) is 8.74. The van der Waals surface area contributed by atoms with Gasteiger partial charge in [0.1, 0.15) is 0 Å². The van der Waals surface area contributed by atoms with E-state index in [9.17, 15) is 0 Å². The fraction of sp³-hybridized carbons (Fsp3) is 0.208. The van der Waals surface area contributed by atoms with Crippen molar-refractivity contribution in [3.8, 4) is 17.1 Å². The van der Waals surface area contributed by atoms with Crippen molar-refractivity contribution in [2.75, 3.05) is 0 Å². The van der Waals surface area contributed by atoms with E-state index in [0.29, 0.717) is 0 Å². The van der Waals surface area contributed by atoms with Gasteiger partial charge in [0.2, 0.25) is 0 Å². The van der Waals surface area contributed by atoms with Crippen LogP contribution in [0.2, 0.25) is 0 Å². The summed E-state index contributed by atoms with van der Waals surface area (Å²) in [6.45, 7) is 6.70. The first-order chi connectivity index (χ1) is 14.4. The zero-order valence-corrected chi connectivity index (χ0v) is 19.6. The number of rotatable bonds is 5. The summed E-state index contributed by atoms with van der Waals surface area (Å²) in [5.41, 5.74) is 4.72. The summed E-state index contributed by atoms with van der Waals surface area (Å²) in [5, 5.41) is 9.84. The number of hydrogen-bond donors (Lipinski definition) is 0. The third kappa shape index (κ3) is 4.65. The third-order valence-corrected chi connectivity index (χ3v) is 6.35. The van der Waals surface area contributed by atoms with Crippen molar-refractivity contribution in [1.29, 1.82) is 0 Å². The van der Waals surface area contributed by atoms with Gasteiger partial charge in [-0.1, -0.05) is 72.7 Å². The number of thioether (sulfide) groups is 1. The molecule has 4 rings (SSSR count). The minimum Gasteiger partial charge on any atom is -0.270 e. The molecule has 0 saturated heterocycles. The molecule has 4 aromatic rings. The van der Waals surface area contributed by atoms with Gasteiger partial charge in [0.15, 0.2) is 11.0 Å². The van der Waals surface area contributed by atoms with Crippen LogP contribution >= 0.6 is 27.7 Å². The Kier molecular flexibility index (Phi) is 6.06. The summed E-state index contributed by atoms with van der Waals surface area (Å²) >= 11 is 5.20. The monoisotopic (exact) mass is 478 g/mol. The maximum Gasteiger partial charge on any atom is 0.196 e. The molecule has 0 saturated carbocycles. The van der Waals surface area contributed by atoms with E-state index >= 15 is 0 Å². The fourth-order valence-electron chi connectivity index (χ4n) is 3.12. The van der Waals surface area contributed by atoms with Crippen molar-refractivity contribution in [2.45, 2.75) is 37.1 Å². The lowest BCUT2D eigenvalue weighted by atomic mass is 9.87. The molecular weight excluding hydrogens is 456 g/mol. The Balaban J connectivity index is 1.65. The Morgan fingerprint density at radius 1 is 0.933 bits per heavy atom. The van der Waals surface area contributed by atoms with Crippen molar-refractivity contribution in [3.05, 3.63) is 88.7 Å². The normalized spacial score (nSPS) is 11.6. The highest BCUT2D eigenvalue weighted by Crippen LogP contribution is 2.30. The third-order valence-electron chi connectivity index (χ3n) is 4.83. The zero-order valence-electron chi connectivity index (χ0n) is 17.2. The number of halogens is 1. The van der Waals surface area contributed by atoms with Crippen LogP contribution in [0.3, 0.4) is 0 Å². The number of pyridine rings is 1. The summed E-state index contributed by atoms with van der Waals surface area (Å²) in [7, 11) is 0. The van der Waals surface area contributed by atoms with Gasteiger partial charge in [-0.3, -0.25) is 9.55 Å². The minimum absolute atomic E-state index is 0.159. The molecule has 30 heavy (non-hydrogen) atoms. The Labute approximate surface area is 189 Å². The SMILES string of the molecule is CC(C)(C)c1ccc(CSc2nnc(-c3cccnc3)n2-c2ccc(Br)cc2)cc1. The molecule has 0 unspecified atom stereocenters. The van der Waals surface area contributed by atoms with Gasteiger partial charge in [0.25, 0.3) is 0 Å². The van der Waals surface area contributed by atoms with Crippen LogP contribution in [0.25, 0.3) is 17.1 Å². The van der Waals surface area contributed by atoms with Crippen LogP contribution in [0, 0.1) is 0 Å². The molecule has 0 radical (unpaired) electrons. The predicted molar refractivity (Wildman–Crippen MR) is 127 cm³/mol. The fourth-order valence-corrected chi connectivity index (χ4v) is 4.29. The molecule has 0 aliphatic rings. The number of benzene rings is 2. The second-order valence-electron chi connectivity index (χ2n) is 8.10. The van der Waals surface area contributed by atoms with E-state index in [1.54, 1.807) is 18.0 Å². The summed E-state index contributed by atoms with van der Waals surface area (Å²) in [6, 6.07) is 21.0. The van der Waals surface area contributed by atoms with Crippen LogP contribution in [0.4, 0.5) is 0 Å². The summed E-state index contributed by atoms with van der Waals surface area (Å²) in [5.74, 6) is 1.61. The van der Waals surface area contributed by atoms with Crippen LogP contribution < -0.4 is 0 Å². The molecule has 2 aromatic carbocycles. The van der Waals surface area contributed by atoms with Crippen LogP contribution in [0.5, 0.6) is 0 Å². The highest BCUT2D eigenvalue weighted by Gasteiger charge is 2.17. The molecule has 0 atom stereocenters. The predicted octanol–water partition coefficient (Wildman–Crippen LogP) is 6.68. The van der Waals surface area contributed by atoms with Gasteiger partial charge < -0.3 is 0 Å². The quantitative estimate of drug-likeness (QED) is 0.300. The molecule has 2 heterocycles. The lowest BCUT2D eigenvalue weighted by Gasteiger charge is -2.19. The first-order valence-corrected chi connectivity index (χ1v) is 11.5. The molecule has 0 aliphatic carbocycles.